The highest BCUT2D eigenvalue weighted by molar-refractivity contribution is 5.88. The van der Waals surface area contributed by atoms with Gasteiger partial charge in [0, 0.05) is 20.1 Å². The molecule has 1 fully saturated rings. The number of carboxylic acids is 1. The van der Waals surface area contributed by atoms with Crippen LogP contribution in [0.4, 0.5) is 0 Å². The van der Waals surface area contributed by atoms with Gasteiger partial charge in [0.25, 0.3) is 0 Å². The third-order valence-electron chi connectivity index (χ3n) is 3.87. The fourth-order valence-corrected chi connectivity index (χ4v) is 2.54. The Morgan fingerprint density at radius 2 is 2.00 bits per heavy atom. The molecule has 114 valence electrons. The van der Waals surface area contributed by atoms with Crippen molar-refractivity contribution in [2.24, 2.45) is 5.73 Å². The second-order valence-corrected chi connectivity index (χ2v) is 5.33. The highest BCUT2D eigenvalue weighted by atomic mass is 16.5. The average Bonchev–Trinajstić information content (AvgIpc) is 2.91. The van der Waals surface area contributed by atoms with Gasteiger partial charge in [-0.25, -0.2) is 4.79 Å². The number of aryl methyl sites for hydroxylation is 1. The first kappa shape index (κ1) is 15.5. The van der Waals surface area contributed by atoms with Gasteiger partial charge in [-0.3, -0.25) is 4.79 Å². The minimum absolute atomic E-state index is 0.256. The first-order valence-corrected chi connectivity index (χ1v) is 6.82. The van der Waals surface area contributed by atoms with E-state index < -0.39 is 18.1 Å². The lowest BCUT2D eigenvalue weighted by molar-refractivity contribution is -0.148. The number of nitrogens with zero attached hydrogens (tertiary/aromatic N) is 1. The number of methoxy groups -OCH3 is 1. The summed E-state index contributed by atoms with van der Waals surface area (Å²) in [5.74, 6) is -1.41. The summed E-state index contributed by atoms with van der Waals surface area (Å²) in [5.41, 5.74) is 7.74. The fraction of sp³-hybridized carbons (Fsp3) is 0.467. The molecule has 0 radical (unpaired) electrons. The van der Waals surface area contributed by atoms with Crippen LogP contribution in [0.3, 0.4) is 0 Å². The van der Waals surface area contributed by atoms with E-state index >= 15 is 0 Å². The van der Waals surface area contributed by atoms with Crippen LogP contribution in [0.1, 0.15) is 23.6 Å². The van der Waals surface area contributed by atoms with Crippen molar-refractivity contribution in [1.82, 2.24) is 4.90 Å². The van der Waals surface area contributed by atoms with Crippen LogP contribution in [0.15, 0.2) is 24.3 Å². The largest absolute Gasteiger partial charge is 0.480 e. The second-order valence-electron chi connectivity index (χ2n) is 5.33. The summed E-state index contributed by atoms with van der Waals surface area (Å²) in [6.45, 7) is 2.20. The van der Waals surface area contributed by atoms with E-state index in [9.17, 15) is 14.7 Å². The molecular weight excluding hydrogens is 272 g/mol. The fourth-order valence-electron chi connectivity index (χ4n) is 2.54. The van der Waals surface area contributed by atoms with E-state index in [1.165, 1.54) is 12.0 Å². The summed E-state index contributed by atoms with van der Waals surface area (Å²) in [5, 5.41) is 9.24. The summed E-state index contributed by atoms with van der Waals surface area (Å²) >= 11 is 0. The molecule has 0 aromatic heterocycles. The van der Waals surface area contributed by atoms with Crippen LogP contribution >= 0.6 is 0 Å². The number of hydrogen-bond acceptors (Lipinski definition) is 4. The van der Waals surface area contributed by atoms with Crippen LogP contribution in [0.5, 0.6) is 0 Å². The summed E-state index contributed by atoms with van der Waals surface area (Å²) in [4.78, 5) is 25.1. The van der Waals surface area contributed by atoms with E-state index in [4.69, 9.17) is 10.5 Å². The predicted molar refractivity (Wildman–Crippen MR) is 76.7 cm³/mol. The maximum atomic E-state index is 12.5. The summed E-state index contributed by atoms with van der Waals surface area (Å²) in [6.07, 6.45) is 0.0262. The zero-order valence-electron chi connectivity index (χ0n) is 12.2. The molecule has 1 heterocycles. The monoisotopic (exact) mass is 292 g/mol. The Morgan fingerprint density at radius 3 is 2.52 bits per heavy atom. The molecule has 3 N–H and O–H groups in total. The molecule has 6 heteroatoms. The van der Waals surface area contributed by atoms with Gasteiger partial charge in [0.05, 0.1) is 6.10 Å². The van der Waals surface area contributed by atoms with E-state index in [1.807, 2.05) is 19.1 Å². The van der Waals surface area contributed by atoms with Crippen LogP contribution in [0.2, 0.25) is 0 Å². The van der Waals surface area contributed by atoms with E-state index in [0.29, 0.717) is 5.56 Å². The number of amides is 1. The predicted octanol–water partition coefficient (Wildman–Crippen LogP) is 0.695. The zero-order valence-corrected chi connectivity index (χ0v) is 12.2. The van der Waals surface area contributed by atoms with Crippen molar-refractivity contribution in [2.75, 3.05) is 13.7 Å². The molecule has 1 aromatic carbocycles. The minimum atomic E-state index is -1.03. The first-order valence-electron chi connectivity index (χ1n) is 6.82. The molecule has 1 aromatic rings. The second kappa shape index (κ2) is 6.24. The van der Waals surface area contributed by atoms with E-state index in [1.54, 1.807) is 12.1 Å². The Balaban J connectivity index is 2.17. The number of likely N-dealkylation sites (tertiary alicyclic amines) is 1. The van der Waals surface area contributed by atoms with Gasteiger partial charge in [-0.2, -0.15) is 0 Å². The van der Waals surface area contributed by atoms with Gasteiger partial charge in [-0.15, -0.1) is 0 Å². The number of nitrogens with two attached hydrogens (primary N) is 1. The van der Waals surface area contributed by atoms with E-state index in [2.05, 4.69) is 0 Å². The quantitative estimate of drug-likeness (QED) is 0.852. The Kier molecular flexibility index (Phi) is 4.59. The lowest BCUT2D eigenvalue weighted by atomic mass is 10.0. The number of aliphatic carboxylic acids is 1. The van der Waals surface area contributed by atoms with Gasteiger partial charge < -0.3 is 20.5 Å². The maximum absolute atomic E-state index is 12.5. The number of carboxylic acid groups (broad SMARTS) is 1. The molecule has 21 heavy (non-hydrogen) atoms. The number of carbonyl (C=O) groups excluding carboxylic acids is 1. The number of ether oxygens (including phenoxy) is 1. The smallest absolute Gasteiger partial charge is 0.326 e. The molecule has 1 saturated heterocycles. The third kappa shape index (κ3) is 3.22. The molecule has 3 atom stereocenters. The van der Waals surface area contributed by atoms with Crippen LogP contribution in [-0.2, 0) is 14.3 Å². The molecule has 0 spiro atoms. The molecule has 3 unspecified atom stereocenters. The van der Waals surface area contributed by atoms with Crippen LogP contribution in [-0.4, -0.2) is 47.7 Å². The van der Waals surface area contributed by atoms with Gasteiger partial charge in [-0.05, 0) is 12.5 Å². The lowest BCUT2D eigenvalue weighted by Crippen LogP contribution is -2.45. The standard InChI is InChI=1S/C15H20N2O4/c1-9-3-5-10(6-4-9)13(16)14(18)17-8-11(21-2)7-12(17)15(19)20/h3-6,11-13H,7-8,16H2,1-2H3,(H,19,20). The summed E-state index contributed by atoms with van der Waals surface area (Å²) < 4.78 is 5.18. The number of benzene rings is 1. The highest BCUT2D eigenvalue weighted by Crippen LogP contribution is 2.24. The lowest BCUT2D eigenvalue weighted by Gasteiger charge is -2.24. The van der Waals surface area contributed by atoms with Crippen molar-refractivity contribution in [3.63, 3.8) is 0 Å². The summed E-state index contributed by atoms with van der Waals surface area (Å²) in [6, 6.07) is 5.59. The Morgan fingerprint density at radius 1 is 1.38 bits per heavy atom. The van der Waals surface area contributed by atoms with Gasteiger partial charge in [-0.1, -0.05) is 29.8 Å². The van der Waals surface area contributed by atoms with Crippen LogP contribution in [0, 0.1) is 6.92 Å². The molecule has 0 saturated carbocycles. The average molecular weight is 292 g/mol. The zero-order chi connectivity index (χ0) is 15.6. The molecule has 1 amide bonds. The number of hydrogen-bond donors (Lipinski definition) is 2. The number of carbonyl (C=O) groups is 2. The van der Waals surface area contributed by atoms with Crippen LogP contribution in [0.25, 0.3) is 0 Å². The normalized spacial score (nSPS) is 23.1. The van der Waals surface area contributed by atoms with Gasteiger partial charge in [0.15, 0.2) is 0 Å². The molecule has 2 rings (SSSR count). The maximum Gasteiger partial charge on any atom is 0.326 e. The van der Waals surface area contributed by atoms with Crippen molar-refractivity contribution in [1.29, 1.82) is 0 Å². The Hall–Kier alpha value is -1.92. The summed E-state index contributed by atoms with van der Waals surface area (Å²) in [7, 11) is 1.51. The van der Waals surface area contributed by atoms with Crippen molar-refractivity contribution < 1.29 is 19.4 Å². The molecule has 1 aliphatic rings. The first-order chi connectivity index (χ1) is 9.93. The van der Waals surface area contributed by atoms with E-state index in [-0.39, 0.29) is 25.0 Å². The molecule has 0 bridgehead atoms. The minimum Gasteiger partial charge on any atom is -0.480 e. The number of rotatable bonds is 4. The van der Waals surface area contributed by atoms with Crippen molar-refractivity contribution >= 4 is 11.9 Å². The van der Waals surface area contributed by atoms with Crippen molar-refractivity contribution in [3.8, 4) is 0 Å². The van der Waals surface area contributed by atoms with Gasteiger partial charge >= 0.3 is 5.97 Å². The molecule has 0 aliphatic carbocycles. The Bertz CT molecular complexity index is 529. The van der Waals surface area contributed by atoms with Crippen LogP contribution < -0.4 is 5.73 Å². The van der Waals surface area contributed by atoms with E-state index in [0.717, 1.165) is 5.56 Å². The molecule has 6 nitrogen and oxygen atoms in total. The molecular formula is C15H20N2O4. The van der Waals surface area contributed by atoms with Gasteiger partial charge in [0.2, 0.25) is 5.91 Å². The SMILES string of the molecule is COC1CC(C(=O)O)N(C(=O)C(N)c2ccc(C)cc2)C1. The molecule has 1 aliphatic heterocycles. The van der Waals surface area contributed by atoms with Crippen molar-refractivity contribution in [3.05, 3.63) is 35.4 Å². The topological polar surface area (TPSA) is 92.9 Å². The Labute approximate surface area is 123 Å². The van der Waals surface area contributed by atoms with Gasteiger partial charge in [0.1, 0.15) is 12.1 Å². The highest BCUT2D eigenvalue weighted by Gasteiger charge is 2.41. The van der Waals surface area contributed by atoms with Crippen molar-refractivity contribution in [2.45, 2.75) is 31.5 Å². The third-order valence-corrected chi connectivity index (χ3v) is 3.87.